The van der Waals surface area contributed by atoms with E-state index >= 15 is 0 Å². The van der Waals surface area contributed by atoms with Gasteiger partial charge in [0.2, 0.25) is 0 Å². The fourth-order valence-corrected chi connectivity index (χ4v) is 2.02. The number of halogens is 1. The smallest absolute Gasteiger partial charge is 0.191 e. The summed E-state index contributed by atoms with van der Waals surface area (Å²) in [5.74, 6) is 0.875. The number of aryl methyl sites for hydroxylation is 1. The Balaban J connectivity index is 0.00000200. The molecule has 5 nitrogen and oxygen atoms in total. The first-order valence-electron chi connectivity index (χ1n) is 6.82. The van der Waals surface area contributed by atoms with E-state index in [0.717, 1.165) is 32.3 Å². The van der Waals surface area contributed by atoms with Crippen LogP contribution in [0.15, 0.2) is 23.5 Å². The van der Waals surface area contributed by atoms with E-state index in [-0.39, 0.29) is 29.4 Å². The van der Waals surface area contributed by atoms with Gasteiger partial charge >= 0.3 is 0 Å². The molecule has 0 aromatic carbocycles. The summed E-state index contributed by atoms with van der Waals surface area (Å²) in [5, 5.41) is 6.66. The Kier molecular flexibility index (Phi) is 6.81. The standard InChI is InChI=1S/C14H24N4O.HI/c1-4-15-13(17-9-14(2)10-19-11-14)16-7-12-5-6-18(3)8-12;/h5-6,8H,4,7,9-11H2,1-3H3,(H2,15,16,17);1H. The Morgan fingerprint density at radius 1 is 1.45 bits per heavy atom. The third-order valence-corrected chi connectivity index (χ3v) is 3.24. The molecule has 0 spiro atoms. The van der Waals surface area contributed by atoms with Crippen LogP contribution >= 0.6 is 24.0 Å². The minimum atomic E-state index is 0. The average molecular weight is 392 g/mol. The summed E-state index contributed by atoms with van der Waals surface area (Å²) in [6, 6.07) is 2.09. The Hall–Kier alpha value is -0.760. The SMILES string of the molecule is CCNC(=NCc1ccn(C)c1)NCC1(C)COC1.I. The lowest BCUT2D eigenvalue weighted by atomic mass is 9.89. The zero-order chi connectivity index (χ0) is 13.7. The first-order valence-corrected chi connectivity index (χ1v) is 6.82. The molecule has 1 aliphatic heterocycles. The molecule has 2 N–H and O–H groups in total. The van der Waals surface area contributed by atoms with E-state index in [1.54, 1.807) is 0 Å². The van der Waals surface area contributed by atoms with Crippen molar-refractivity contribution in [1.82, 2.24) is 15.2 Å². The Morgan fingerprint density at radius 2 is 2.20 bits per heavy atom. The summed E-state index contributed by atoms with van der Waals surface area (Å²) < 4.78 is 7.30. The predicted molar refractivity (Wildman–Crippen MR) is 92.6 cm³/mol. The monoisotopic (exact) mass is 392 g/mol. The van der Waals surface area contributed by atoms with Gasteiger partial charge in [-0.05, 0) is 18.6 Å². The van der Waals surface area contributed by atoms with Crippen molar-refractivity contribution in [3.63, 3.8) is 0 Å². The van der Waals surface area contributed by atoms with Crippen molar-refractivity contribution < 1.29 is 4.74 Å². The minimum absolute atomic E-state index is 0. The van der Waals surface area contributed by atoms with Gasteiger partial charge in [0.1, 0.15) is 0 Å². The number of nitrogens with zero attached hydrogens (tertiary/aromatic N) is 2. The summed E-state index contributed by atoms with van der Waals surface area (Å²) in [5.41, 5.74) is 1.47. The maximum Gasteiger partial charge on any atom is 0.191 e. The zero-order valence-corrected chi connectivity index (χ0v) is 14.8. The molecule has 0 saturated carbocycles. The Labute approximate surface area is 138 Å². The van der Waals surface area contributed by atoms with E-state index in [4.69, 9.17) is 4.74 Å². The van der Waals surface area contributed by atoms with Gasteiger partial charge in [-0.15, -0.1) is 24.0 Å². The molecule has 1 fully saturated rings. The van der Waals surface area contributed by atoms with Gasteiger partial charge in [-0.25, -0.2) is 4.99 Å². The number of nitrogens with one attached hydrogen (secondary N) is 2. The summed E-state index contributed by atoms with van der Waals surface area (Å²) in [4.78, 5) is 4.60. The molecule has 114 valence electrons. The molecule has 2 heterocycles. The van der Waals surface area contributed by atoms with E-state index in [1.165, 1.54) is 5.56 Å². The van der Waals surface area contributed by atoms with Crippen LogP contribution in [0.25, 0.3) is 0 Å². The van der Waals surface area contributed by atoms with Crippen molar-refractivity contribution in [1.29, 1.82) is 0 Å². The lowest BCUT2D eigenvalue weighted by molar-refractivity contribution is -0.0971. The van der Waals surface area contributed by atoms with Gasteiger partial charge in [0.05, 0.1) is 19.8 Å². The molecule has 20 heavy (non-hydrogen) atoms. The Bertz CT molecular complexity index is 440. The number of rotatable bonds is 5. The maximum absolute atomic E-state index is 5.26. The highest BCUT2D eigenvalue weighted by atomic mass is 127. The molecule has 0 bridgehead atoms. The van der Waals surface area contributed by atoms with Crippen molar-refractivity contribution >= 4 is 29.9 Å². The van der Waals surface area contributed by atoms with Gasteiger partial charge in [-0.1, -0.05) is 6.92 Å². The molecule has 0 amide bonds. The molecule has 1 saturated heterocycles. The molecular weight excluding hydrogens is 367 g/mol. The number of guanidine groups is 1. The van der Waals surface area contributed by atoms with Crippen molar-refractivity contribution in [2.24, 2.45) is 17.5 Å². The fourth-order valence-electron chi connectivity index (χ4n) is 2.02. The predicted octanol–water partition coefficient (Wildman–Crippen LogP) is 1.73. The minimum Gasteiger partial charge on any atom is -0.380 e. The second kappa shape index (κ2) is 7.87. The maximum atomic E-state index is 5.26. The molecule has 0 aliphatic carbocycles. The average Bonchev–Trinajstić information content (AvgIpc) is 2.76. The van der Waals surface area contributed by atoms with Crippen molar-refractivity contribution in [3.8, 4) is 0 Å². The lowest BCUT2D eigenvalue weighted by Gasteiger charge is -2.38. The first kappa shape index (κ1) is 17.3. The molecule has 1 aromatic rings. The van der Waals surface area contributed by atoms with Crippen molar-refractivity contribution in [2.75, 3.05) is 26.3 Å². The van der Waals surface area contributed by atoms with E-state index in [0.29, 0.717) is 6.54 Å². The van der Waals surface area contributed by atoms with Gasteiger partial charge < -0.3 is 19.9 Å². The summed E-state index contributed by atoms with van der Waals surface area (Å²) in [6.07, 6.45) is 4.13. The number of aromatic nitrogens is 1. The van der Waals surface area contributed by atoms with Crippen LogP contribution in [0.3, 0.4) is 0 Å². The van der Waals surface area contributed by atoms with Crippen molar-refractivity contribution in [2.45, 2.75) is 20.4 Å². The van der Waals surface area contributed by atoms with Gasteiger partial charge in [0.25, 0.3) is 0 Å². The molecule has 2 rings (SSSR count). The van der Waals surface area contributed by atoms with E-state index in [1.807, 2.05) is 17.8 Å². The van der Waals surface area contributed by atoms with Crippen LogP contribution < -0.4 is 10.6 Å². The van der Waals surface area contributed by atoms with Gasteiger partial charge in [-0.3, -0.25) is 0 Å². The number of aliphatic imine (C=N–C) groups is 1. The first-order chi connectivity index (χ1) is 9.11. The highest BCUT2D eigenvalue weighted by Crippen LogP contribution is 2.24. The topological polar surface area (TPSA) is 50.6 Å². The summed E-state index contributed by atoms with van der Waals surface area (Å²) >= 11 is 0. The lowest BCUT2D eigenvalue weighted by Crippen LogP contribution is -2.51. The normalized spacial score (nSPS) is 17.1. The van der Waals surface area contributed by atoms with Crippen LogP contribution in [-0.2, 0) is 18.3 Å². The second-order valence-corrected chi connectivity index (χ2v) is 5.54. The number of ether oxygens (including phenoxy) is 1. The van der Waals surface area contributed by atoms with Gasteiger partial charge in [0, 0.05) is 37.9 Å². The van der Waals surface area contributed by atoms with Crippen LogP contribution in [-0.4, -0.2) is 36.8 Å². The van der Waals surface area contributed by atoms with Gasteiger partial charge in [0.15, 0.2) is 5.96 Å². The second-order valence-electron chi connectivity index (χ2n) is 5.54. The largest absolute Gasteiger partial charge is 0.380 e. The van der Waals surface area contributed by atoms with E-state index in [9.17, 15) is 0 Å². The van der Waals surface area contributed by atoms with E-state index in [2.05, 4.69) is 41.7 Å². The quantitative estimate of drug-likeness (QED) is 0.456. The molecule has 0 unspecified atom stereocenters. The zero-order valence-electron chi connectivity index (χ0n) is 12.5. The highest BCUT2D eigenvalue weighted by molar-refractivity contribution is 14.0. The van der Waals surface area contributed by atoms with Crippen LogP contribution in [0.5, 0.6) is 0 Å². The number of hydrogen-bond acceptors (Lipinski definition) is 2. The third-order valence-electron chi connectivity index (χ3n) is 3.24. The molecule has 0 atom stereocenters. The van der Waals surface area contributed by atoms with Gasteiger partial charge in [-0.2, -0.15) is 0 Å². The van der Waals surface area contributed by atoms with Crippen LogP contribution in [0, 0.1) is 5.41 Å². The molecule has 0 radical (unpaired) electrons. The summed E-state index contributed by atoms with van der Waals surface area (Å²) in [7, 11) is 2.02. The third kappa shape index (κ3) is 4.97. The molecule has 1 aromatic heterocycles. The Morgan fingerprint density at radius 3 is 2.70 bits per heavy atom. The molecule has 1 aliphatic rings. The van der Waals surface area contributed by atoms with Crippen LogP contribution in [0.2, 0.25) is 0 Å². The van der Waals surface area contributed by atoms with E-state index < -0.39 is 0 Å². The number of hydrogen-bond donors (Lipinski definition) is 2. The fraction of sp³-hybridized carbons (Fsp3) is 0.643. The van der Waals surface area contributed by atoms with Crippen LogP contribution in [0.1, 0.15) is 19.4 Å². The highest BCUT2D eigenvalue weighted by Gasteiger charge is 2.33. The summed E-state index contributed by atoms with van der Waals surface area (Å²) in [6.45, 7) is 8.43. The van der Waals surface area contributed by atoms with Crippen LogP contribution in [0.4, 0.5) is 0 Å². The van der Waals surface area contributed by atoms with Crippen molar-refractivity contribution in [3.05, 3.63) is 24.0 Å². The molecule has 6 heteroatoms. The molecular formula is C14H25IN4O.